The van der Waals surface area contributed by atoms with E-state index in [9.17, 15) is 4.79 Å². The van der Waals surface area contributed by atoms with Crippen molar-refractivity contribution >= 4 is 5.91 Å². The van der Waals surface area contributed by atoms with E-state index in [1.807, 2.05) is 52.0 Å². The van der Waals surface area contributed by atoms with Gasteiger partial charge in [0.1, 0.15) is 0 Å². The second-order valence-corrected chi connectivity index (χ2v) is 5.49. The van der Waals surface area contributed by atoms with Gasteiger partial charge in [-0.3, -0.25) is 4.79 Å². The third kappa shape index (κ3) is 3.57. The number of nitrogens with one attached hydrogen (secondary N) is 1. The normalized spacial score (nSPS) is 13.2. The molecule has 0 aromatic heterocycles. The second kappa shape index (κ2) is 6.01. The number of hydrogen-bond acceptors (Lipinski definition) is 2. The predicted molar refractivity (Wildman–Crippen MR) is 73.5 cm³/mol. The number of aliphatic hydroxyl groups excluding tert-OH is 1. The highest BCUT2D eigenvalue weighted by molar-refractivity contribution is 5.87. The van der Waals surface area contributed by atoms with E-state index >= 15 is 0 Å². The molecular weight excluding hydrogens is 226 g/mol. The van der Waals surface area contributed by atoms with Crippen molar-refractivity contribution in [1.82, 2.24) is 5.32 Å². The van der Waals surface area contributed by atoms with Crippen LogP contribution >= 0.6 is 0 Å². The van der Waals surface area contributed by atoms with E-state index in [-0.39, 0.29) is 18.4 Å². The first kappa shape index (κ1) is 14.7. The van der Waals surface area contributed by atoms with Crippen LogP contribution in [-0.4, -0.2) is 24.2 Å². The molecule has 0 aliphatic carbocycles. The Morgan fingerprint density at radius 1 is 1.33 bits per heavy atom. The maximum Gasteiger partial charge on any atom is 0.230 e. The quantitative estimate of drug-likeness (QED) is 0.838. The van der Waals surface area contributed by atoms with Gasteiger partial charge in [0.05, 0.1) is 5.41 Å². The summed E-state index contributed by atoms with van der Waals surface area (Å²) in [6.45, 7) is 8.35. The highest BCUT2D eigenvalue weighted by Crippen LogP contribution is 2.23. The monoisotopic (exact) mass is 249 g/mol. The molecule has 0 bridgehead atoms. The summed E-state index contributed by atoms with van der Waals surface area (Å²) in [5, 5.41) is 11.8. The van der Waals surface area contributed by atoms with Crippen molar-refractivity contribution in [2.75, 3.05) is 13.2 Å². The largest absolute Gasteiger partial charge is 0.396 e. The number of rotatable bonds is 5. The fourth-order valence-electron chi connectivity index (χ4n) is 1.65. The molecule has 1 atom stereocenters. The Hall–Kier alpha value is -1.35. The first-order valence-corrected chi connectivity index (χ1v) is 6.34. The lowest BCUT2D eigenvalue weighted by Gasteiger charge is -2.25. The molecule has 0 aliphatic heterocycles. The number of carbonyl (C=O) groups excluding carboxylic acids is 1. The maximum atomic E-state index is 12.2. The molecule has 100 valence electrons. The minimum atomic E-state index is -0.553. The third-order valence-corrected chi connectivity index (χ3v) is 3.26. The molecule has 0 fully saturated rings. The van der Waals surface area contributed by atoms with Gasteiger partial charge in [-0.2, -0.15) is 0 Å². The molecular formula is C15H23NO2. The molecule has 1 aromatic carbocycles. The number of benzene rings is 1. The lowest BCUT2D eigenvalue weighted by molar-refractivity contribution is -0.125. The standard InChI is InChI=1S/C15H23NO2/c1-11-5-7-13(8-6-11)15(3,4)14(18)16-9-12(2)10-17/h5-8,12,17H,9-10H2,1-4H3,(H,16,18). The lowest BCUT2D eigenvalue weighted by Crippen LogP contribution is -2.42. The molecule has 3 heteroatoms. The summed E-state index contributed by atoms with van der Waals surface area (Å²) in [5.74, 6) is 0.0782. The van der Waals surface area contributed by atoms with Gasteiger partial charge in [-0.15, -0.1) is 0 Å². The highest BCUT2D eigenvalue weighted by Gasteiger charge is 2.29. The zero-order valence-corrected chi connectivity index (χ0v) is 11.7. The first-order valence-electron chi connectivity index (χ1n) is 6.34. The van der Waals surface area contributed by atoms with Gasteiger partial charge in [-0.05, 0) is 32.3 Å². The van der Waals surface area contributed by atoms with Gasteiger partial charge in [0, 0.05) is 13.2 Å². The van der Waals surface area contributed by atoms with Crippen molar-refractivity contribution in [3.8, 4) is 0 Å². The van der Waals surface area contributed by atoms with Crippen LogP contribution in [0.1, 0.15) is 31.9 Å². The summed E-state index contributed by atoms with van der Waals surface area (Å²) < 4.78 is 0. The molecule has 0 aliphatic rings. The number of hydrogen-bond donors (Lipinski definition) is 2. The van der Waals surface area contributed by atoms with E-state index < -0.39 is 5.41 Å². The average molecular weight is 249 g/mol. The van der Waals surface area contributed by atoms with Crippen molar-refractivity contribution in [2.45, 2.75) is 33.1 Å². The number of carbonyl (C=O) groups is 1. The fraction of sp³-hybridized carbons (Fsp3) is 0.533. The van der Waals surface area contributed by atoms with E-state index in [4.69, 9.17) is 5.11 Å². The van der Waals surface area contributed by atoms with Crippen LogP contribution in [0.3, 0.4) is 0 Å². The van der Waals surface area contributed by atoms with Crippen LogP contribution in [0.15, 0.2) is 24.3 Å². The van der Waals surface area contributed by atoms with Crippen LogP contribution in [0.4, 0.5) is 0 Å². The van der Waals surface area contributed by atoms with Gasteiger partial charge in [0.25, 0.3) is 0 Å². The van der Waals surface area contributed by atoms with Gasteiger partial charge >= 0.3 is 0 Å². The zero-order valence-electron chi connectivity index (χ0n) is 11.7. The number of aryl methyl sites for hydroxylation is 1. The molecule has 0 spiro atoms. The molecule has 18 heavy (non-hydrogen) atoms. The van der Waals surface area contributed by atoms with Crippen LogP contribution in [-0.2, 0) is 10.2 Å². The molecule has 1 aromatic rings. The minimum absolute atomic E-state index is 0.00773. The fourth-order valence-corrected chi connectivity index (χ4v) is 1.65. The summed E-state index contributed by atoms with van der Waals surface area (Å²) in [4.78, 5) is 12.2. The maximum absolute atomic E-state index is 12.2. The molecule has 1 amide bonds. The smallest absolute Gasteiger partial charge is 0.230 e. The Labute approximate surface area is 109 Å². The molecule has 1 rings (SSSR count). The van der Waals surface area contributed by atoms with E-state index in [2.05, 4.69) is 5.32 Å². The van der Waals surface area contributed by atoms with Gasteiger partial charge in [-0.1, -0.05) is 36.8 Å². The van der Waals surface area contributed by atoms with Crippen LogP contribution in [0.25, 0.3) is 0 Å². The van der Waals surface area contributed by atoms with E-state index in [1.54, 1.807) is 0 Å². The average Bonchev–Trinajstić information content (AvgIpc) is 2.35. The SMILES string of the molecule is Cc1ccc(C(C)(C)C(=O)NCC(C)CO)cc1. The van der Waals surface area contributed by atoms with Crippen LogP contribution in [0, 0.1) is 12.8 Å². The van der Waals surface area contributed by atoms with Crippen molar-refractivity contribution in [3.63, 3.8) is 0 Å². The van der Waals surface area contributed by atoms with Gasteiger partial charge in [0.15, 0.2) is 0 Å². The van der Waals surface area contributed by atoms with Crippen molar-refractivity contribution < 1.29 is 9.90 Å². The van der Waals surface area contributed by atoms with Gasteiger partial charge in [0.2, 0.25) is 5.91 Å². The second-order valence-electron chi connectivity index (χ2n) is 5.49. The Kier molecular flexibility index (Phi) is 4.91. The summed E-state index contributed by atoms with van der Waals surface area (Å²) >= 11 is 0. The Morgan fingerprint density at radius 2 is 1.89 bits per heavy atom. The van der Waals surface area contributed by atoms with Crippen molar-refractivity contribution in [1.29, 1.82) is 0 Å². The van der Waals surface area contributed by atoms with Gasteiger partial charge < -0.3 is 10.4 Å². The summed E-state index contributed by atoms with van der Waals surface area (Å²) in [6.07, 6.45) is 0. The molecule has 0 radical (unpaired) electrons. The molecule has 3 nitrogen and oxygen atoms in total. The van der Waals surface area contributed by atoms with E-state index in [0.29, 0.717) is 6.54 Å². The summed E-state index contributed by atoms with van der Waals surface area (Å²) in [5.41, 5.74) is 1.63. The van der Waals surface area contributed by atoms with Gasteiger partial charge in [-0.25, -0.2) is 0 Å². The molecule has 1 unspecified atom stereocenters. The van der Waals surface area contributed by atoms with Crippen molar-refractivity contribution in [2.24, 2.45) is 5.92 Å². The number of amides is 1. The molecule has 2 N–H and O–H groups in total. The Morgan fingerprint density at radius 3 is 2.39 bits per heavy atom. The van der Waals surface area contributed by atoms with Crippen LogP contribution in [0.5, 0.6) is 0 Å². The van der Waals surface area contributed by atoms with E-state index in [1.165, 1.54) is 5.56 Å². The molecule has 0 heterocycles. The highest BCUT2D eigenvalue weighted by atomic mass is 16.3. The van der Waals surface area contributed by atoms with Crippen LogP contribution < -0.4 is 5.32 Å². The lowest BCUT2D eigenvalue weighted by atomic mass is 9.83. The molecule has 0 saturated heterocycles. The zero-order chi connectivity index (χ0) is 13.8. The number of aliphatic hydroxyl groups is 1. The van der Waals surface area contributed by atoms with Crippen molar-refractivity contribution in [3.05, 3.63) is 35.4 Å². The Bertz CT molecular complexity index is 395. The third-order valence-electron chi connectivity index (χ3n) is 3.26. The minimum Gasteiger partial charge on any atom is -0.396 e. The predicted octanol–water partition coefficient (Wildman–Crippen LogP) is 2.02. The summed E-state index contributed by atoms with van der Waals surface area (Å²) in [6, 6.07) is 8.01. The van der Waals surface area contributed by atoms with E-state index in [0.717, 1.165) is 5.56 Å². The Balaban J connectivity index is 2.73. The molecule has 0 saturated carbocycles. The first-order chi connectivity index (χ1) is 8.37. The van der Waals surface area contributed by atoms with Crippen LogP contribution in [0.2, 0.25) is 0 Å². The topological polar surface area (TPSA) is 49.3 Å². The summed E-state index contributed by atoms with van der Waals surface area (Å²) in [7, 11) is 0.